The van der Waals surface area contributed by atoms with Crippen LogP contribution in [0.25, 0.3) is 0 Å². The number of hydrogen-bond acceptors (Lipinski definition) is 2. The highest BCUT2D eigenvalue weighted by atomic mass is 16.3. The van der Waals surface area contributed by atoms with Crippen molar-refractivity contribution in [2.24, 2.45) is 5.92 Å². The lowest BCUT2D eigenvalue weighted by Crippen LogP contribution is -2.38. The summed E-state index contributed by atoms with van der Waals surface area (Å²) in [7, 11) is 0. The van der Waals surface area contributed by atoms with E-state index < -0.39 is 0 Å². The normalized spacial score (nSPS) is 16.8. The van der Waals surface area contributed by atoms with Gasteiger partial charge in [-0.25, -0.2) is 0 Å². The second kappa shape index (κ2) is 6.83. The lowest BCUT2D eigenvalue weighted by Gasteiger charge is -2.36. The fourth-order valence-corrected chi connectivity index (χ4v) is 2.98. The minimum atomic E-state index is 0.378. The first-order chi connectivity index (χ1) is 9.16. The van der Waals surface area contributed by atoms with Gasteiger partial charge in [-0.1, -0.05) is 39.2 Å². The van der Waals surface area contributed by atoms with Crippen LogP contribution in [0.2, 0.25) is 0 Å². The second-order valence-electron chi connectivity index (χ2n) is 6.19. The van der Waals surface area contributed by atoms with Crippen LogP contribution >= 0.6 is 0 Å². The molecule has 1 fully saturated rings. The predicted octanol–water partition coefficient (Wildman–Crippen LogP) is 4.58. The third-order valence-electron chi connectivity index (χ3n) is 4.12. The van der Waals surface area contributed by atoms with E-state index in [4.69, 9.17) is 0 Å². The van der Waals surface area contributed by atoms with Crippen LogP contribution in [-0.2, 0) is 0 Å². The molecule has 0 aliphatic heterocycles. The van der Waals surface area contributed by atoms with E-state index >= 15 is 0 Å². The first-order valence-corrected chi connectivity index (χ1v) is 7.72. The molecule has 2 nitrogen and oxygen atoms in total. The highest BCUT2D eigenvalue weighted by Gasteiger charge is 2.21. The smallest absolute Gasteiger partial charge is 0.117 e. The van der Waals surface area contributed by atoms with Crippen LogP contribution in [0.4, 0.5) is 5.69 Å². The molecule has 106 valence electrons. The van der Waals surface area contributed by atoms with Crippen molar-refractivity contribution >= 4 is 5.69 Å². The molecule has 0 saturated heterocycles. The van der Waals surface area contributed by atoms with Gasteiger partial charge in [0.2, 0.25) is 0 Å². The Morgan fingerprint density at radius 2 is 1.95 bits per heavy atom. The third-order valence-corrected chi connectivity index (χ3v) is 4.12. The average Bonchev–Trinajstić information content (AvgIpc) is 2.40. The Morgan fingerprint density at radius 1 is 1.21 bits per heavy atom. The minimum absolute atomic E-state index is 0.378. The summed E-state index contributed by atoms with van der Waals surface area (Å²) in [6.07, 6.45) is 7.89. The predicted molar refractivity (Wildman–Crippen MR) is 81.8 cm³/mol. The van der Waals surface area contributed by atoms with Crippen molar-refractivity contribution in [1.29, 1.82) is 0 Å². The second-order valence-corrected chi connectivity index (χ2v) is 6.19. The van der Waals surface area contributed by atoms with Crippen molar-refractivity contribution in [2.45, 2.75) is 58.4 Å². The molecule has 1 N–H and O–H groups in total. The van der Waals surface area contributed by atoms with E-state index in [2.05, 4.69) is 24.8 Å². The molecule has 2 heteroatoms. The van der Waals surface area contributed by atoms with Gasteiger partial charge in [-0.15, -0.1) is 0 Å². The van der Waals surface area contributed by atoms with E-state index in [1.165, 1.54) is 44.2 Å². The van der Waals surface area contributed by atoms with E-state index in [1.807, 2.05) is 12.1 Å². The van der Waals surface area contributed by atoms with Crippen LogP contribution in [0.1, 0.15) is 52.4 Å². The van der Waals surface area contributed by atoms with Gasteiger partial charge in [0.1, 0.15) is 5.75 Å². The van der Waals surface area contributed by atoms with Gasteiger partial charge in [0, 0.05) is 24.3 Å². The maximum atomic E-state index is 9.71. The minimum Gasteiger partial charge on any atom is -0.508 e. The summed E-state index contributed by atoms with van der Waals surface area (Å²) < 4.78 is 0. The molecular formula is C17H27NO. The molecule has 1 aliphatic rings. The summed E-state index contributed by atoms with van der Waals surface area (Å²) in [5.41, 5.74) is 1.19. The fraction of sp³-hybridized carbons (Fsp3) is 0.647. The van der Waals surface area contributed by atoms with E-state index in [9.17, 15) is 5.11 Å². The van der Waals surface area contributed by atoms with Crippen molar-refractivity contribution in [1.82, 2.24) is 0 Å². The summed E-state index contributed by atoms with van der Waals surface area (Å²) in [4.78, 5) is 2.53. The fourth-order valence-electron chi connectivity index (χ4n) is 2.98. The van der Waals surface area contributed by atoms with E-state index in [-0.39, 0.29) is 0 Å². The van der Waals surface area contributed by atoms with Gasteiger partial charge in [0.05, 0.1) is 0 Å². The monoisotopic (exact) mass is 261 g/mol. The third kappa shape index (κ3) is 4.15. The van der Waals surface area contributed by atoms with Gasteiger partial charge in [-0.05, 0) is 37.3 Å². The molecule has 0 aromatic heterocycles. The van der Waals surface area contributed by atoms with Crippen molar-refractivity contribution in [3.8, 4) is 5.75 Å². The van der Waals surface area contributed by atoms with Gasteiger partial charge in [-0.3, -0.25) is 0 Å². The molecule has 0 unspecified atom stereocenters. The highest BCUT2D eigenvalue weighted by molar-refractivity contribution is 5.51. The van der Waals surface area contributed by atoms with E-state index in [0.29, 0.717) is 11.8 Å². The van der Waals surface area contributed by atoms with Crippen LogP contribution < -0.4 is 4.90 Å². The number of phenols is 1. The molecule has 1 aliphatic carbocycles. The Kier molecular flexibility index (Phi) is 5.12. The Morgan fingerprint density at radius 3 is 2.58 bits per heavy atom. The van der Waals surface area contributed by atoms with Crippen LogP contribution in [0, 0.1) is 5.92 Å². The topological polar surface area (TPSA) is 23.5 Å². The van der Waals surface area contributed by atoms with Crippen molar-refractivity contribution < 1.29 is 5.11 Å². The molecule has 0 spiro atoms. The average molecular weight is 261 g/mol. The van der Waals surface area contributed by atoms with Crippen molar-refractivity contribution in [3.05, 3.63) is 24.3 Å². The molecular weight excluding hydrogens is 234 g/mol. The lowest BCUT2D eigenvalue weighted by molar-refractivity contribution is 0.404. The summed E-state index contributed by atoms with van der Waals surface area (Å²) >= 11 is 0. The Bertz CT molecular complexity index is 383. The maximum absolute atomic E-state index is 9.71. The van der Waals surface area contributed by atoms with Crippen LogP contribution in [-0.4, -0.2) is 17.7 Å². The number of aromatic hydroxyl groups is 1. The van der Waals surface area contributed by atoms with E-state index in [1.54, 1.807) is 6.07 Å². The van der Waals surface area contributed by atoms with Crippen molar-refractivity contribution in [3.63, 3.8) is 0 Å². The Labute approximate surface area is 117 Å². The number of nitrogens with zero attached hydrogens (tertiary/aromatic N) is 1. The zero-order chi connectivity index (χ0) is 13.7. The SMILES string of the molecule is CC(C)CCN(c1cccc(O)c1)C1CCCCC1. The molecule has 0 amide bonds. The Hall–Kier alpha value is -1.18. The van der Waals surface area contributed by atoms with E-state index in [0.717, 1.165) is 12.5 Å². The maximum Gasteiger partial charge on any atom is 0.117 e. The van der Waals surface area contributed by atoms with Crippen LogP contribution in [0.3, 0.4) is 0 Å². The molecule has 1 saturated carbocycles. The zero-order valence-corrected chi connectivity index (χ0v) is 12.3. The quantitative estimate of drug-likeness (QED) is 0.838. The van der Waals surface area contributed by atoms with Gasteiger partial charge in [-0.2, -0.15) is 0 Å². The van der Waals surface area contributed by atoms with Gasteiger partial charge < -0.3 is 10.0 Å². The van der Waals surface area contributed by atoms with Gasteiger partial charge >= 0.3 is 0 Å². The zero-order valence-electron chi connectivity index (χ0n) is 12.3. The molecule has 0 bridgehead atoms. The molecule has 1 aromatic rings. The first-order valence-electron chi connectivity index (χ1n) is 7.72. The first kappa shape index (κ1) is 14.2. The van der Waals surface area contributed by atoms with Crippen molar-refractivity contribution in [2.75, 3.05) is 11.4 Å². The Balaban J connectivity index is 2.12. The number of rotatable bonds is 5. The summed E-state index contributed by atoms with van der Waals surface area (Å²) in [5, 5.41) is 9.71. The number of phenolic OH excluding ortho intramolecular Hbond substituents is 1. The standard InChI is InChI=1S/C17H27NO/c1-14(2)11-12-18(15-7-4-3-5-8-15)16-9-6-10-17(19)13-16/h6,9-10,13-15,19H,3-5,7-8,11-12H2,1-2H3. The highest BCUT2D eigenvalue weighted by Crippen LogP contribution is 2.29. The largest absolute Gasteiger partial charge is 0.508 e. The number of hydrogen-bond donors (Lipinski definition) is 1. The number of benzene rings is 1. The van der Waals surface area contributed by atoms with Gasteiger partial charge in [0.25, 0.3) is 0 Å². The van der Waals surface area contributed by atoms with Crippen LogP contribution in [0.5, 0.6) is 5.75 Å². The van der Waals surface area contributed by atoms with Gasteiger partial charge in [0.15, 0.2) is 0 Å². The molecule has 0 heterocycles. The lowest BCUT2D eigenvalue weighted by atomic mass is 9.93. The summed E-state index contributed by atoms with van der Waals surface area (Å²) in [6.45, 7) is 5.66. The molecule has 0 atom stereocenters. The molecule has 1 aromatic carbocycles. The molecule has 2 rings (SSSR count). The molecule has 19 heavy (non-hydrogen) atoms. The van der Waals surface area contributed by atoms with Crippen LogP contribution in [0.15, 0.2) is 24.3 Å². The summed E-state index contributed by atoms with van der Waals surface area (Å²) in [6, 6.07) is 8.42. The molecule has 0 radical (unpaired) electrons. The summed E-state index contributed by atoms with van der Waals surface area (Å²) in [5.74, 6) is 1.10. The number of anilines is 1.